The SMILES string of the molecule is CC(NC(=O)C1(c2ccc(Cl)cc2)CC1)c1nnc2ccccn12. The second kappa shape index (κ2) is 5.60. The van der Waals surface area contributed by atoms with E-state index in [9.17, 15) is 4.79 Å². The molecule has 5 nitrogen and oxygen atoms in total. The molecule has 122 valence electrons. The lowest BCUT2D eigenvalue weighted by Gasteiger charge is -2.19. The number of hydrogen-bond acceptors (Lipinski definition) is 3. The Morgan fingerprint density at radius 2 is 1.96 bits per heavy atom. The summed E-state index contributed by atoms with van der Waals surface area (Å²) in [7, 11) is 0. The number of benzene rings is 1. The molecule has 1 N–H and O–H groups in total. The number of amides is 1. The van der Waals surface area contributed by atoms with Gasteiger partial charge in [0, 0.05) is 11.2 Å². The number of halogens is 1. The van der Waals surface area contributed by atoms with E-state index < -0.39 is 5.41 Å². The van der Waals surface area contributed by atoms with Crippen LogP contribution in [0.15, 0.2) is 48.7 Å². The van der Waals surface area contributed by atoms with Crippen LogP contribution in [0.2, 0.25) is 5.02 Å². The maximum atomic E-state index is 12.9. The summed E-state index contributed by atoms with van der Waals surface area (Å²) in [6.07, 6.45) is 3.61. The molecule has 1 unspecified atom stereocenters. The summed E-state index contributed by atoms with van der Waals surface area (Å²) in [5, 5.41) is 12.1. The van der Waals surface area contributed by atoms with Crippen LogP contribution >= 0.6 is 11.6 Å². The van der Waals surface area contributed by atoms with Crippen LogP contribution in [0.3, 0.4) is 0 Å². The number of nitrogens with zero attached hydrogens (tertiary/aromatic N) is 3. The molecule has 0 aliphatic heterocycles. The number of hydrogen-bond donors (Lipinski definition) is 1. The summed E-state index contributed by atoms with van der Waals surface area (Å²) in [6.45, 7) is 1.93. The second-order valence-electron chi connectivity index (χ2n) is 6.27. The molecule has 6 heteroatoms. The average Bonchev–Trinajstić information content (AvgIpc) is 3.28. The summed E-state index contributed by atoms with van der Waals surface area (Å²) in [4.78, 5) is 12.9. The highest BCUT2D eigenvalue weighted by Crippen LogP contribution is 2.48. The Kier molecular flexibility index (Phi) is 3.53. The van der Waals surface area contributed by atoms with Crippen molar-refractivity contribution in [2.24, 2.45) is 0 Å². The normalized spacial score (nSPS) is 16.8. The zero-order valence-electron chi connectivity index (χ0n) is 13.2. The first-order valence-corrected chi connectivity index (χ1v) is 8.35. The number of rotatable bonds is 4. The maximum absolute atomic E-state index is 12.9. The van der Waals surface area contributed by atoms with Crippen molar-refractivity contribution >= 4 is 23.2 Å². The molecule has 1 saturated carbocycles. The molecule has 0 bridgehead atoms. The Labute approximate surface area is 144 Å². The average molecular weight is 341 g/mol. The number of nitrogens with one attached hydrogen (secondary N) is 1. The van der Waals surface area contributed by atoms with Gasteiger partial charge in [0.1, 0.15) is 0 Å². The third-order valence-electron chi connectivity index (χ3n) is 4.66. The standard InChI is InChI=1S/C18H17ClN4O/c1-12(16-22-21-15-4-2-3-11-23(15)16)20-17(24)18(9-10-18)13-5-7-14(19)8-6-13/h2-8,11-12H,9-10H2,1H3,(H,20,24). The summed E-state index contributed by atoms with van der Waals surface area (Å²) in [5.74, 6) is 0.760. The quantitative estimate of drug-likeness (QED) is 0.792. The number of carbonyl (C=O) groups is 1. The van der Waals surface area contributed by atoms with Crippen molar-refractivity contribution in [2.45, 2.75) is 31.2 Å². The van der Waals surface area contributed by atoms with Gasteiger partial charge in [0.2, 0.25) is 5.91 Å². The number of fused-ring (bicyclic) bond motifs is 1. The second-order valence-corrected chi connectivity index (χ2v) is 6.71. The van der Waals surface area contributed by atoms with E-state index >= 15 is 0 Å². The minimum Gasteiger partial charge on any atom is -0.346 e. The van der Waals surface area contributed by atoms with Crippen molar-refractivity contribution in [2.75, 3.05) is 0 Å². The van der Waals surface area contributed by atoms with Gasteiger partial charge in [-0.05, 0) is 49.6 Å². The van der Waals surface area contributed by atoms with Crippen LogP contribution < -0.4 is 5.32 Å². The van der Waals surface area contributed by atoms with Gasteiger partial charge in [0.15, 0.2) is 11.5 Å². The predicted molar refractivity (Wildman–Crippen MR) is 91.9 cm³/mol. The predicted octanol–water partition coefficient (Wildman–Crippen LogP) is 3.29. The number of pyridine rings is 1. The molecule has 0 saturated heterocycles. The van der Waals surface area contributed by atoms with Crippen LogP contribution in [0.1, 0.15) is 37.2 Å². The van der Waals surface area contributed by atoms with E-state index in [-0.39, 0.29) is 11.9 Å². The van der Waals surface area contributed by atoms with E-state index in [4.69, 9.17) is 11.6 Å². The maximum Gasteiger partial charge on any atom is 0.231 e. The highest BCUT2D eigenvalue weighted by Gasteiger charge is 2.51. The Hall–Kier alpha value is -2.40. The van der Waals surface area contributed by atoms with E-state index in [1.165, 1.54) is 0 Å². The van der Waals surface area contributed by atoms with E-state index in [1.807, 2.05) is 60.0 Å². The molecule has 2 heterocycles. The third kappa shape index (κ3) is 2.45. The molecule has 1 amide bonds. The summed E-state index contributed by atoms with van der Waals surface area (Å²) in [6, 6.07) is 13.0. The fourth-order valence-corrected chi connectivity index (χ4v) is 3.22. The molecular weight excluding hydrogens is 324 g/mol. The van der Waals surface area contributed by atoms with Crippen molar-refractivity contribution in [3.63, 3.8) is 0 Å². The molecule has 1 atom stereocenters. The summed E-state index contributed by atoms with van der Waals surface area (Å²) >= 11 is 5.95. The molecule has 1 aromatic carbocycles. The number of aromatic nitrogens is 3. The topological polar surface area (TPSA) is 59.3 Å². The van der Waals surface area contributed by atoms with E-state index in [1.54, 1.807) is 0 Å². The number of carbonyl (C=O) groups excluding carboxylic acids is 1. The Balaban J connectivity index is 1.56. The molecule has 2 aromatic heterocycles. The van der Waals surface area contributed by atoms with Gasteiger partial charge >= 0.3 is 0 Å². The monoisotopic (exact) mass is 340 g/mol. The van der Waals surface area contributed by atoms with Crippen molar-refractivity contribution in [1.29, 1.82) is 0 Å². The van der Waals surface area contributed by atoms with Gasteiger partial charge in [0.05, 0.1) is 11.5 Å². The van der Waals surface area contributed by atoms with E-state index in [0.29, 0.717) is 5.02 Å². The lowest BCUT2D eigenvalue weighted by atomic mass is 9.94. The molecule has 4 rings (SSSR count). The zero-order valence-corrected chi connectivity index (χ0v) is 14.0. The Morgan fingerprint density at radius 1 is 1.21 bits per heavy atom. The van der Waals surface area contributed by atoms with Crippen LogP contribution in [-0.2, 0) is 10.2 Å². The Morgan fingerprint density at radius 3 is 2.67 bits per heavy atom. The molecular formula is C18H17ClN4O. The molecule has 3 aromatic rings. The highest BCUT2D eigenvalue weighted by molar-refractivity contribution is 6.30. The van der Waals surface area contributed by atoms with Crippen LogP contribution in [0.4, 0.5) is 0 Å². The van der Waals surface area contributed by atoms with Crippen LogP contribution in [-0.4, -0.2) is 20.5 Å². The lowest BCUT2D eigenvalue weighted by Crippen LogP contribution is -2.37. The molecule has 24 heavy (non-hydrogen) atoms. The van der Waals surface area contributed by atoms with Gasteiger partial charge in [0.25, 0.3) is 0 Å². The molecule has 0 radical (unpaired) electrons. The first-order valence-electron chi connectivity index (χ1n) is 7.97. The molecule has 1 aliphatic carbocycles. The fourth-order valence-electron chi connectivity index (χ4n) is 3.10. The highest BCUT2D eigenvalue weighted by atomic mass is 35.5. The third-order valence-corrected chi connectivity index (χ3v) is 4.91. The van der Waals surface area contributed by atoms with Crippen LogP contribution in [0, 0.1) is 0 Å². The van der Waals surface area contributed by atoms with E-state index in [2.05, 4.69) is 15.5 Å². The van der Waals surface area contributed by atoms with Crippen molar-refractivity contribution in [1.82, 2.24) is 19.9 Å². The molecule has 0 spiro atoms. The van der Waals surface area contributed by atoms with Gasteiger partial charge in [-0.3, -0.25) is 9.20 Å². The van der Waals surface area contributed by atoms with Gasteiger partial charge in [-0.2, -0.15) is 0 Å². The van der Waals surface area contributed by atoms with Gasteiger partial charge in [-0.1, -0.05) is 29.8 Å². The minimum absolute atomic E-state index is 0.0324. The molecule has 1 aliphatic rings. The lowest BCUT2D eigenvalue weighted by molar-refractivity contribution is -0.124. The molecule has 1 fully saturated rings. The smallest absolute Gasteiger partial charge is 0.231 e. The summed E-state index contributed by atoms with van der Waals surface area (Å²) < 4.78 is 1.90. The van der Waals surface area contributed by atoms with Crippen molar-refractivity contribution in [3.05, 3.63) is 65.1 Å². The van der Waals surface area contributed by atoms with Crippen molar-refractivity contribution in [3.8, 4) is 0 Å². The van der Waals surface area contributed by atoms with Crippen LogP contribution in [0.5, 0.6) is 0 Å². The van der Waals surface area contributed by atoms with Crippen LogP contribution in [0.25, 0.3) is 5.65 Å². The van der Waals surface area contributed by atoms with Gasteiger partial charge < -0.3 is 5.32 Å². The van der Waals surface area contributed by atoms with Gasteiger partial charge in [-0.25, -0.2) is 0 Å². The van der Waals surface area contributed by atoms with Crippen molar-refractivity contribution < 1.29 is 4.79 Å². The summed E-state index contributed by atoms with van der Waals surface area (Å²) in [5.41, 5.74) is 1.36. The minimum atomic E-state index is -0.431. The Bertz CT molecular complexity index is 899. The first-order chi connectivity index (χ1) is 11.6. The zero-order chi connectivity index (χ0) is 16.7. The first kappa shape index (κ1) is 15.1. The van der Waals surface area contributed by atoms with Gasteiger partial charge in [-0.15, -0.1) is 10.2 Å². The van der Waals surface area contributed by atoms with E-state index in [0.717, 1.165) is 29.9 Å². The largest absolute Gasteiger partial charge is 0.346 e. The fraction of sp³-hybridized carbons (Fsp3) is 0.278.